The first kappa shape index (κ1) is 25.3. The van der Waals surface area contributed by atoms with Crippen LogP contribution in [-0.4, -0.2) is 40.6 Å². The molecule has 0 unspecified atom stereocenters. The van der Waals surface area contributed by atoms with Crippen LogP contribution in [0.4, 0.5) is 0 Å². The van der Waals surface area contributed by atoms with E-state index in [0.29, 0.717) is 25.7 Å². The van der Waals surface area contributed by atoms with Crippen molar-refractivity contribution in [1.82, 2.24) is 0 Å². The Kier molecular flexibility index (Phi) is 6.93. The minimum atomic E-state index is -1.65. The topological polar surface area (TPSA) is 97.7 Å². The molecule has 6 heteroatoms. The van der Waals surface area contributed by atoms with E-state index >= 15 is 0 Å². The van der Waals surface area contributed by atoms with Crippen LogP contribution in [0.25, 0.3) is 0 Å². The van der Waals surface area contributed by atoms with Gasteiger partial charge in [-0.3, -0.25) is 19.2 Å². The number of allylic oxidation sites excluding steroid dienone is 1. The predicted molar refractivity (Wildman–Crippen MR) is 127 cm³/mol. The molecule has 0 spiro atoms. The smallest absolute Gasteiger partial charge is 0.306 e. The van der Waals surface area contributed by atoms with E-state index in [9.17, 15) is 24.3 Å². The summed E-state index contributed by atoms with van der Waals surface area (Å²) < 4.78 is 5.24. The van der Waals surface area contributed by atoms with Crippen LogP contribution in [0.15, 0.2) is 11.6 Å². The lowest BCUT2D eigenvalue weighted by Gasteiger charge is -2.57. The van der Waals surface area contributed by atoms with Gasteiger partial charge >= 0.3 is 5.97 Å². The molecule has 0 saturated heterocycles. The average molecular weight is 473 g/mol. The van der Waals surface area contributed by atoms with Gasteiger partial charge in [0.15, 0.2) is 12.4 Å². The Hall–Kier alpha value is -1.82. The lowest BCUT2D eigenvalue weighted by atomic mass is 9.46. The van der Waals surface area contributed by atoms with Gasteiger partial charge in [0.2, 0.25) is 5.78 Å². The largest absolute Gasteiger partial charge is 0.458 e. The zero-order valence-electron chi connectivity index (χ0n) is 21.0. The van der Waals surface area contributed by atoms with Gasteiger partial charge in [0.1, 0.15) is 11.4 Å². The van der Waals surface area contributed by atoms with Crippen LogP contribution < -0.4 is 0 Å². The minimum absolute atomic E-state index is 0.0601. The average Bonchev–Trinajstić information content (AvgIpc) is 3.06. The number of fused-ring (bicyclic) bond motifs is 5. The van der Waals surface area contributed by atoms with Gasteiger partial charge < -0.3 is 9.84 Å². The molecular weight excluding hydrogens is 432 g/mol. The van der Waals surface area contributed by atoms with Crippen molar-refractivity contribution < 1.29 is 29.0 Å². The van der Waals surface area contributed by atoms with Crippen LogP contribution in [0.3, 0.4) is 0 Å². The SMILES string of the molecule is CCCCCCC(=O)OCC(=O)[C@@]1(O)CC[C@H]2[C@@H]3CCC4=CC(=O)CC[C@]4(C)[C@H]3C(=O)C[C@@]21C. The van der Waals surface area contributed by atoms with Gasteiger partial charge in [0, 0.05) is 30.6 Å². The second-order valence-electron chi connectivity index (χ2n) is 11.7. The number of esters is 1. The summed E-state index contributed by atoms with van der Waals surface area (Å²) in [6.45, 7) is 5.70. The first-order chi connectivity index (χ1) is 16.1. The normalized spacial score (nSPS) is 39.1. The van der Waals surface area contributed by atoms with Crippen LogP contribution in [0.5, 0.6) is 0 Å². The molecule has 34 heavy (non-hydrogen) atoms. The number of hydrogen-bond donors (Lipinski definition) is 1. The molecule has 1 N–H and O–H groups in total. The summed E-state index contributed by atoms with van der Waals surface area (Å²) in [6.07, 6.45) is 9.82. The van der Waals surface area contributed by atoms with Gasteiger partial charge in [-0.05, 0) is 61.9 Å². The summed E-state index contributed by atoms with van der Waals surface area (Å²) in [6, 6.07) is 0. The minimum Gasteiger partial charge on any atom is -0.458 e. The fourth-order valence-electron chi connectivity index (χ4n) is 7.88. The number of Topliss-reactive ketones (excluding diaryl/α,β-unsaturated/α-hetero) is 2. The quantitative estimate of drug-likeness (QED) is 0.412. The lowest BCUT2D eigenvalue weighted by Crippen LogP contribution is -2.61. The van der Waals surface area contributed by atoms with E-state index in [1.54, 1.807) is 6.08 Å². The van der Waals surface area contributed by atoms with E-state index < -0.39 is 29.4 Å². The maximum absolute atomic E-state index is 13.6. The number of rotatable bonds is 8. The molecule has 0 heterocycles. The van der Waals surface area contributed by atoms with Crippen molar-refractivity contribution in [3.63, 3.8) is 0 Å². The zero-order valence-corrected chi connectivity index (χ0v) is 21.0. The highest BCUT2D eigenvalue weighted by atomic mass is 16.5. The number of aliphatic hydroxyl groups is 1. The van der Waals surface area contributed by atoms with Crippen molar-refractivity contribution in [3.05, 3.63) is 11.6 Å². The van der Waals surface area contributed by atoms with E-state index in [0.717, 1.165) is 44.1 Å². The third-order valence-electron chi connectivity index (χ3n) is 9.87. The predicted octanol–water partition coefficient (Wildman–Crippen LogP) is 4.51. The van der Waals surface area contributed by atoms with Gasteiger partial charge in [0.25, 0.3) is 0 Å². The fraction of sp³-hybridized carbons (Fsp3) is 0.786. The fourth-order valence-corrected chi connectivity index (χ4v) is 7.88. The summed E-state index contributed by atoms with van der Waals surface area (Å²) in [5.74, 6) is -0.617. The van der Waals surface area contributed by atoms with Crippen molar-refractivity contribution in [2.75, 3.05) is 6.61 Å². The lowest BCUT2D eigenvalue weighted by molar-refractivity contribution is -0.173. The van der Waals surface area contributed by atoms with Crippen molar-refractivity contribution in [3.8, 4) is 0 Å². The summed E-state index contributed by atoms with van der Waals surface area (Å²) in [5, 5.41) is 11.7. The van der Waals surface area contributed by atoms with Crippen LogP contribution in [0.2, 0.25) is 0 Å². The summed E-state index contributed by atoms with van der Waals surface area (Å²) in [5.41, 5.74) is -1.69. The van der Waals surface area contributed by atoms with Gasteiger partial charge in [-0.2, -0.15) is 0 Å². The Morgan fingerprint density at radius 1 is 1.09 bits per heavy atom. The van der Waals surface area contributed by atoms with E-state index in [-0.39, 0.29) is 47.6 Å². The van der Waals surface area contributed by atoms with Crippen LogP contribution in [0.1, 0.15) is 97.8 Å². The Bertz CT molecular complexity index is 905. The number of carbonyl (C=O) groups is 4. The molecule has 0 radical (unpaired) electrons. The maximum Gasteiger partial charge on any atom is 0.306 e. The second kappa shape index (κ2) is 9.33. The monoisotopic (exact) mass is 472 g/mol. The molecule has 0 aromatic heterocycles. The standard InChI is InChI=1S/C28H40O6/c1-4-5-6-7-8-24(32)34-17-23(31)28(33)14-12-21-20-10-9-18-15-19(29)11-13-26(18,2)25(20)22(30)16-27(21,28)3/h15,20-21,25,33H,4-14,16-17H2,1-3H3/t20-,21-,25+,26-,27-,28-/m0/s1. The highest BCUT2D eigenvalue weighted by Crippen LogP contribution is 2.66. The van der Waals surface area contributed by atoms with Gasteiger partial charge in [-0.15, -0.1) is 0 Å². The Balaban J connectivity index is 1.48. The van der Waals surface area contributed by atoms with E-state index in [4.69, 9.17) is 4.74 Å². The van der Waals surface area contributed by atoms with E-state index in [1.165, 1.54) is 0 Å². The number of unbranched alkanes of at least 4 members (excludes halogenated alkanes) is 3. The molecule has 3 fully saturated rings. The summed E-state index contributed by atoms with van der Waals surface area (Å²) in [4.78, 5) is 51.0. The first-order valence-electron chi connectivity index (χ1n) is 13.2. The van der Waals surface area contributed by atoms with E-state index in [1.807, 2.05) is 6.92 Å². The Morgan fingerprint density at radius 3 is 2.59 bits per heavy atom. The van der Waals surface area contributed by atoms with Crippen LogP contribution in [0, 0.1) is 28.6 Å². The highest BCUT2D eigenvalue weighted by molar-refractivity contribution is 5.95. The third-order valence-corrected chi connectivity index (χ3v) is 9.87. The van der Waals surface area contributed by atoms with Gasteiger partial charge in [0.05, 0.1) is 0 Å². The molecule has 4 aliphatic carbocycles. The van der Waals surface area contributed by atoms with Gasteiger partial charge in [-0.25, -0.2) is 0 Å². The third kappa shape index (κ3) is 4.00. The van der Waals surface area contributed by atoms with Crippen LogP contribution >= 0.6 is 0 Å². The molecule has 4 aliphatic rings. The number of carbonyl (C=O) groups excluding carboxylic acids is 4. The number of ether oxygens (including phenoxy) is 1. The molecule has 4 rings (SSSR count). The number of ketones is 3. The molecule has 6 atom stereocenters. The Morgan fingerprint density at radius 2 is 1.85 bits per heavy atom. The zero-order chi connectivity index (χ0) is 24.7. The molecule has 0 aliphatic heterocycles. The molecule has 188 valence electrons. The molecule has 0 aromatic carbocycles. The summed E-state index contributed by atoms with van der Waals surface area (Å²) in [7, 11) is 0. The van der Waals surface area contributed by atoms with Crippen molar-refractivity contribution in [1.29, 1.82) is 0 Å². The molecule has 0 amide bonds. The van der Waals surface area contributed by atoms with E-state index in [2.05, 4.69) is 13.8 Å². The maximum atomic E-state index is 13.6. The van der Waals surface area contributed by atoms with Gasteiger partial charge in [-0.1, -0.05) is 45.6 Å². The number of hydrogen-bond acceptors (Lipinski definition) is 6. The Labute approximate surface area is 202 Å². The summed E-state index contributed by atoms with van der Waals surface area (Å²) >= 11 is 0. The highest BCUT2D eigenvalue weighted by Gasteiger charge is 2.68. The molecular formula is C28H40O6. The molecule has 3 saturated carbocycles. The molecule has 0 aromatic rings. The molecule has 0 bridgehead atoms. The molecule has 6 nitrogen and oxygen atoms in total. The second-order valence-corrected chi connectivity index (χ2v) is 11.7. The van der Waals surface area contributed by atoms with Crippen molar-refractivity contribution >= 4 is 23.3 Å². The van der Waals surface area contributed by atoms with Crippen molar-refractivity contribution in [2.24, 2.45) is 28.6 Å². The van der Waals surface area contributed by atoms with Crippen LogP contribution in [-0.2, 0) is 23.9 Å². The first-order valence-corrected chi connectivity index (χ1v) is 13.2. The van der Waals surface area contributed by atoms with Crippen molar-refractivity contribution in [2.45, 2.75) is 103 Å².